The molecule has 0 aromatic rings. The summed E-state index contributed by atoms with van der Waals surface area (Å²) >= 11 is 0. The summed E-state index contributed by atoms with van der Waals surface area (Å²) in [6.45, 7) is 11.2. The van der Waals surface area contributed by atoms with E-state index in [9.17, 15) is 20.1 Å². The predicted molar refractivity (Wildman–Crippen MR) is 133 cm³/mol. The van der Waals surface area contributed by atoms with Crippen molar-refractivity contribution in [3.63, 3.8) is 0 Å². The summed E-state index contributed by atoms with van der Waals surface area (Å²) in [5, 5.41) is 33.4. The van der Waals surface area contributed by atoms with Crippen molar-refractivity contribution >= 4 is 5.97 Å². The maximum absolute atomic E-state index is 11.9. The Hall–Kier alpha value is -0.650. The van der Waals surface area contributed by atoms with E-state index < -0.39 is 17.8 Å². The molecule has 0 bridgehead atoms. The summed E-state index contributed by atoms with van der Waals surface area (Å²) in [4.78, 5) is 11.9. The number of hydrogen-bond acceptors (Lipinski definition) is 5. The topological polar surface area (TPSA) is 87.0 Å². The fourth-order valence-corrected chi connectivity index (χ4v) is 9.53. The molecule has 196 valence electrons. The molecule has 5 nitrogen and oxygen atoms in total. The van der Waals surface area contributed by atoms with Crippen molar-refractivity contribution in [2.45, 2.75) is 123 Å². The maximum atomic E-state index is 11.9. The Labute approximate surface area is 207 Å². The largest absolute Gasteiger partial charge is 0.465 e. The number of aliphatic hydroxyl groups is 3. The number of ether oxygens (including phenoxy) is 1. The molecule has 4 fully saturated rings. The zero-order chi connectivity index (χ0) is 24.9. The van der Waals surface area contributed by atoms with Gasteiger partial charge in [0.2, 0.25) is 0 Å². The maximum Gasteiger partial charge on any atom is 0.302 e. The zero-order valence-corrected chi connectivity index (χ0v) is 22.3. The van der Waals surface area contributed by atoms with Crippen LogP contribution in [0, 0.1) is 46.3 Å². The van der Waals surface area contributed by atoms with Crippen molar-refractivity contribution in [2.24, 2.45) is 46.3 Å². The first-order valence-corrected chi connectivity index (χ1v) is 14.2. The Bertz CT molecular complexity index is 738. The lowest BCUT2D eigenvalue weighted by atomic mass is 9.42. The van der Waals surface area contributed by atoms with Crippen LogP contribution in [-0.2, 0) is 9.53 Å². The Balaban J connectivity index is 1.61. The number of rotatable bonds is 7. The van der Waals surface area contributed by atoms with Crippen LogP contribution in [0.5, 0.6) is 0 Å². The van der Waals surface area contributed by atoms with Crippen molar-refractivity contribution in [2.75, 3.05) is 6.61 Å². The van der Waals surface area contributed by atoms with E-state index >= 15 is 0 Å². The van der Waals surface area contributed by atoms with Crippen LogP contribution >= 0.6 is 0 Å². The lowest BCUT2D eigenvalue weighted by Gasteiger charge is -2.65. The summed E-state index contributed by atoms with van der Waals surface area (Å²) in [5.74, 6) is 2.79. The highest BCUT2D eigenvalue weighted by atomic mass is 16.5. The first-order valence-electron chi connectivity index (χ1n) is 14.2. The number of hydrogen-bond donors (Lipinski definition) is 3. The van der Waals surface area contributed by atoms with E-state index in [0.717, 1.165) is 31.6 Å². The minimum absolute atomic E-state index is 0.0101. The summed E-state index contributed by atoms with van der Waals surface area (Å²) in [5.41, 5.74) is -1.59. The Kier molecular flexibility index (Phi) is 7.51. The fourth-order valence-electron chi connectivity index (χ4n) is 9.53. The molecule has 4 saturated carbocycles. The van der Waals surface area contributed by atoms with Crippen molar-refractivity contribution in [3.8, 4) is 0 Å². The molecule has 0 aromatic carbocycles. The molecule has 0 amide bonds. The van der Waals surface area contributed by atoms with E-state index in [1.165, 1.54) is 32.6 Å². The first kappa shape index (κ1) is 26.4. The normalized spacial score (nSPS) is 47.0. The van der Waals surface area contributed by atoms with Gasteiger partial charge in [0.25, 0.3) is 0 Å². The number of aliphatic hydroxyl groups excluding tert-OH is 2. The van der Waals surface area contributed by atoms with E-state index in [0.29, 0.717) is 49.0 Å². The predicted octanol–water partition coefficient (Wildman–Crippen LogP) is 5.10. The Morgan fingerprint density at radius 2 is 1.76 bits per heavy atom. The molecular weight excluding hydrogens is 428 g/mol. The molecule has 10 atom stereocenters. The second-order valence-electron chi connectivity index (χ2n) is 13.4. The van der Waals surface area contributed by atoms with Crippen LogP contribution in [0.3, 0.4) is 0 Å². The number of carbonyl (C=O) groups is 1. The molecular formula is C29H50O5. The van der Waals surface area contributed by atoms with Gasteiger partial charge in [0.05, 0.1) is 24.4 Å². The minimum atomic E-state index is -1.20. The van der Waals surface area contributed by atoms with Crippen LogP contribution in [0.4, 0.5) is 0 Å². The third kappa shape index (κ3) is 4.26. The van der Waals surface area contributed by atoms with Gasteiger partial charge < -0.3 is 20.1 Å². The van der Waals surface area contributed by atoms with Crippen LogP contribution in [-0.4, -0.2) is 45.7 Å². The van der Waals surface area contributed by atoms with E-state index in [1.807, 2.05) is 0 Å². The first-order chi connectivity index (χ1) is 15.9. The third-order valence-electron chi connectivity index (χ3n) is 11.3. The quantitative estimate of drug-likeness (QED) is 0.443. The minimum Gasteiger partial charge on any atom is -0.465 e. The molecule has 0 spiro atoms. The van der Waals surface area contributed by atoms with Crippen molar-refractivity contribution in [1.82, 2.24) is 0 Å². The van der Waals surface area contributed by atoms with Gasteiger partial charge in [0.1, 0.15) is 0 Å². The molecule has 0 saturated heterocycles. The monoisotopic (exact) mass is 478 g/mol. The summed E-state index contributed by atoms with van der Waals surface area (Å²) in [6, 6.07) is 0. The Morgan fingerprint density at radius 3 is 2.44 bits per heavy atom. The molecule has 0 heterocycles. The molecule has 3 N–H and O–H groups in total. The lowest BCUT2D eigenvalue weighted by Crippen LogP contribution is -2.69. The fraction of sp³-hybridized carbons (Fsp3) is 0.966. The van der Waals surface area contributed by atoms with E-state index in [-0.39, 0.29) is 23.2 Å². The van der Waals surface area contributed by atoms with Crippen molar-refractivity contribution in [3.05, 3.63) is 0 Å². The standard InChI is InChI=1S/C29H50O5/c1-18(2)7-6-8-19(3)23-9-10-25-22-15-26(32)29(33)16-21(31)11-13-27(29,5)24(22)12-14-28(23,25)17-34-20(4)30/h18-19,21-26,31-33H,6-17H2,1-5H3/t19-,21+,22?,23?,24?,25?,26-,27-,28+,29+/m1/s1. The van der Waals surface area contributed by atoms with Gasteiger partial charge in [-0.25, -0.2) is 0 Å². The van der Waals surface area contributed by atoms with Crippen LogP contribution in [0.2, 0.25) is 0 Å². The highest BCUT2D eigenvalue weighted by Gasteiger charge is 2.68. The van der Waals surface area contributed by atoms with Crippen LogP contribution in [0.25, 0.3) is 0 Å². The molecule has 4 rings (SSSR count). The highest BCUT2D eigenvalue weighted by molar-refractivity contribution is 5.65. The van der Waals surface area contributed by atoms with Gasteiger partial charge in [0, 0.05) is 24.2 Å². The third-order valence-corrected chi connectivity index (χ3v) is 11.3. The van der Waals surface area contributed by atoms with Gasteiger partial charge >= 0.3 is 5.97 Å². The lowest BCUT2D eigenvalue weighted by molar-refractivity contribution is -0.267. The average Bonchev–Trinajstić information content (AvgIpc) is 3.14. The average molecular weight is 479 g/mol. The summed E-state index contributed by atoms with van der Waals surface area (Å²) < 4.78 is 5.80. The van der Waals surface area contributed by atoms with Gasteiger partial charge in [-0.3, -0.25) is 4.79 Å². The number of carbonyl (C=O) groups excluding carboxylic acids is 1. The molecule has 5 heteroatoms. The van der Waals surface area contributed by atoms with Gasteiger partial charge in [0.15, 0.2) is 0 Å². The van der Waals surface area contributed by atoms with Crippen molar-refractivity contribution < 1.29 is 24.9 Å². The van der Waals surface area contributed by atoms with E-state index in [1.54, 1.807) is 0 Å². The van der Waals surface area contributed by atoms with Gasteiger partial charge in [-0.05, 0) is 80.5 Å². The second-order valence-corrected chi connectivity index (χ2v) is 13.4. The summed E-state index contributed by atoms with van der Waals surface area (Å²) in [6.07, 6.45) is 9.11. The smallest absolute Gasteiger partial charge is 0.302 e. The molecule has 34 heavy (non-hydrogen) atoms. The molecule has 4 aliphatic carbocycles. The molecule has 4 unspecified atom stereocenters. The SMILES string of the molecule is CC(=O)OC[C@]12CCC3C(C[C@@H](O)[C@@]4(O)C[C@@H](O)CC[C@]34C)C1CCC2[C@H](C)CCCC(C)C. The molecule has 0 radical (unpaired) electrons. The van der Waals surface area contributed by atoms with Crippen LogP contribution in [0.15, 0.2) is 0 Å². The van der Waals surface area contributed by atoms with Gasteiger partial charge in [-0.15, -0.1) is 0 Å². The van der Waals surface area contributed by atoms with Crippen LogP contribution < -0.4 is 0 Å². The van der Waals surface area contributed by atoms with E-state index in [2.05, 4.69) is 27.7 Å². The molecule has 0 aromatic heterocycles. The van der Waals surface area contributed by atoms with Crippen molar-refractivity contribution in [1.29, 1.82) is 0 Å². The molecule has 0 aliphatic heterocycles. The van der Waals surface area contributed by atoms with Crippen LogP contribution in [0.1, 0.15) is 105 Å². The van der Waals surface area contributed by atoms with E-state index in [4.69, 9.17) is 4.74 Å². The Morgan fingerprint density at radius 1 is 1.03 bits per heavy atom. The highest BCUT2D eigenvalue weighted by Crippen LogP contribution is 2.69. The molecule has 4 aliphatic rings. The number of esters is 1. The van der Waals surface area contributed by atoms with Gasteiger partial charge in [-0.1, -0.05) is 47.0 Å². The number of fused-ring (bicyclic) bond motifs is 5. The second kappa shape index (κ2) is 9.67. The van der Waals surface area contributed by atoms with Gasteiger partial charge in [-0.2, -0.15) is 0 Å². The zero-order valence-electron chi connectivity index (χ0n) is 22.3. The summed E-state index contributed by atoms with van der Waals surface area (Å²) in [7, 11) is 0.